The highest BCUT2D eigenvalue weighted by atomic mass is 32.1. The molecule has 1 heterocycles. The lowest BCUT2D eigenvalue weighted by Gasteiger charge is -2.10. The Labute approximate surface area is 117 Å². The van der Waals surface area contributed by atoms with Crippen molar-refractivity contribution in [2.75, 3.05) is 0 Å². The van der Waals surface area contributed by atoms with E-state index in [0.29, 0.717) is 23.2 Å². The highest BCUT2D eigenvalue weighted by Crippen LogP contribution is 2.25. The van der Waals surface area contributed by atoms with Gasteiger partial charge in [-0.05, 0) is 23.6 Å². The maximum atomic E-state index is 5.72. The van der Waals surface area contributed by atoms with Crippen LogP contribution in [0.2, 0.25) is 0 Å². The molecule has 5 heteroatoms. The van der Waals surface area contributed by atoms with Gasteiger partial charge in [-0.3, -0.25) is 0 Å². The molecule has 0 fully saturated rings. The molecule has 4 nitrogen and oxygen atoms in total. The van der Waals surface area contributed by atoms with Crippen molar-refractivity contribution >= 4 is 17.2 Å². The van der Waals surface area contributed by atoms with Gasteiger partial charge in [0.25, 0.3) is 0 Å². The number of benzene rings is 1. The van der Waals surface area contributed by atoms with Gasteiger partial charge in [-0.25, -0.2) is 9.97 Å². The van der Waals surface area contributed by atoms with Crippen molar-refractivity contribution in [3.8, 4) is 11.6 Å². The normalized spacial score (nSPS) is 10.5. The number of nitrogens with two attached hydrogens (primary N) is 1. The number of aromatic nitrogens is 2. The molecule has 2 rings (SSSR count). The quantitative estimate of drug-likeness (QED) is 0.868. The molecule has 2 N–H and O–H groups in total. The van der Waals surface area contributed by atoms with Crippen LogP contribution in [0.3, 0.4) is 0 Å². The summed E-state index contributed by atoms with van der Waals surface area (Å²) in [7, 11) is 0. The van der Waals surface area contributed by atoms with E-state index < -0.39 is 0 Å². The molecule has 0 radical (unpaired) electrons. The second-order valence-electron chi connectivity index (χ2n) is 4.40. The Morgan fingerprint density at radius 2 is 2.00 bits per heavy atom. The minimum Gasteiger partial charge on any atom is -0.437 e. The van der Waals surface area contributed by atoms with Gasteiger partial charge in [-0.15, -0.1) is 0 Å². The molecule has 0 spiro atoms. The van der Waals surface area contributed by atoms with Gasteiger partial charge < -0.3 is 10.5 Å². The topological polar surface area (TPSA) is 61.0 Å². The maximum Gasteiger partial charge on any atom is 0.248 e. The zero-order valence-corrected chi connectivity index (χ0v) is 11.6. The van der Waals surface area contributed by atoms with Gasteiger partial charge in [0.2, 0.25) is 5.88 Å². The highest BCUT2D eigenvalue weighted by molar-refractivity contribution is 7.80. The van der Waals surface area contributed by atoms with Crippen LogP contribution >= 0.6 is 12.2 Å². The van der Waals surface area contributed by atoms with Crippen LogP contribution in [0.1, 0.15) is 31.0 Å². The van der Waals surface area contributed by atoms with Crippen LogP contribution < -0.4 is 10.5 Å². The zero-order valence-electron chi connectivity index (χ0n) is 10.8. The lowest BCUT2D eigenvalue weighted by Crippen LogP contribution is -2.13. The Bertz CT molecular complexity index is 599. The van der Waals surface area contributed by atoms with E-state index in [-0.39, 0.29) is 4.99 Å². The second-order valence-corrected chi connectivity index (χ2v) is 4.84. The molecule has 1 aromatic heterocycles. The van der Waals surface area contributed by atoms with Crippen LogP contribution in [0.25, 0.3) is 0 Å². The number of thiocarbonyl (C=S) groups is 1. The third-order valence-corrected chi connectivity index (χ3v) is 2.83. The molecule has 0 bridgehead atoms. The summed E-state index contributed by atoms with van der Waals surface area (Å²) in [6.45, 7) is 4.25. The summed E-state index contributed by atoms with van der Waals surface area (Å²) in [5.41, 5.74) is 7.18. The first-order valence-corrected chi connectivity index (χ1v) is 6.37. The SMILES string of the molecule is CC(C)c1cccc(Oc2nccnc2C(N)=S)c1. The van der Waals surface area contributed by atoms with Gasteiger partial charge >= 0.3 is 0 Å². The van der Waals surface area contributed by atoms with Crippen molar-refractivity contribution in [1.29, 1.82) is 0 Å². The third-order valence-electron chi connectivity index (χ3n) is 2.64. The van der Waals surface area contributed by atoms with E-state index in [1.54, 1.807) is 6.20 Å². The standard InChI is InChI=1S/C14H15N3OS/c1-9(2)10-4-3-5-11(8-10)18-14-12(13(15)19)16-6-7-17-14/h3-9H,1-2H3,(H2,15,19). The summed E-state index contributed by atoms with van der Waals surface area (Å²) in [4.78, 5) is 8.37. The Balaban J connectivity index is 2.31. The third kappa shape index (κ3) is 3.26. The lowest BCUT2D eigenvalue weighted by molar-refractivity contribution is 0.458. The average molecular weight is 273 g/mol. The van der Waals surface area contributed by atoms with Gasteiger partial charge in [0, 0.05) is 12.4 Å². The van der Waals surface area contributed by atoms with E-state index in [1.807, 2.05) is 18.2 Å². The number of ether oxygens (including phenoxy) is 1. The molecule has 0 amide bonds. The Morgan fingerprint density at radius 1 is 1.26 bits per heavy atom. The summed E-state index contributed by atoms with van der Waals surface area (Å²) in [6.07, 6.45) is 3.08. The van der Waals surface area contributed by atoms with Gasteiger partial charge in [-0.2, -0.15) is 0 Å². The summed E-state index contributed by atoms with van der Waals surface area (Å²) in [5.74, 6) is 1.46. The van der Waals surface area contributed by atoms with Gasteiger partial charge in [0.1, 0.15) is 10.7 Å². The van der Waals surface area contributed by atoms with Crippen LogP contribution in [0.4, 0.5) is 0 Å². The highest BCUT2D eigenvalue weighted by Gasteiger charge is 2.10. The molecular weight excluding hydrogens is 258 g/mol. The minimum absolute atomic E-state index is 0.170. The summed E-state index contributed by atoms with van der Waals surface area (Å²) < 4.78 is 5.72. The fourth-order valence-electron chi connectivity index (χ4n) is 1.62. The van der Waals surface area contributed by atoms with Crippen LogP contribution in [-0.2, 0) is 0 Å². The van der Waals surface area contributed by atoms with Gasteiger partial charge in [0.05, 0.1) is 0 Å². The second kappa shape index (κ2) is 5.75. The minimum atomic E-state index is 0.170. The molecule has 0 aliphatic carbocycles. The fourth-order valence-corrected chi connectivity index (χ4v) is 1.76. The molecule has 19 heavy (non-hydrogen) atoms. The lowest BCUT2D eigenvalue weighted by atomic mass is 10.0. The largest absolute Gasteiger partial charge is 0.437 e. The first-order chi connectivity index (χ1) is 9.08. The van der Waals surface area contributed by atoms with Crippen LogP contribution in [0, 0.1) is 0 Å². The smallest absolute Gasteiger partial charge is 0.248 e. The predicted molar refractivity (Wildman–Crippen MR) is 78.5 cm³/mol. The molecule has 1 aromatic carbocycles. The van der Waals surface area contributed by atoms with Crippen molar-refractivity contribution in [3.05, 3.63) is 47.9 Å². The fraction of sp³-hybridized carbons (Fsp3) is 0.214. The Kier molecular flexibility index (Phi) is 4.06. The van der Waals surface area contributed by atoms with Crippen LogP contribution in [-0.4, -0.2) is 15.0 Å². The summed E-state index contributed by atoms with van der Waals surface area (Å²) in [6, 6.07) is 7.84. The zero-order chi connectivity index (χ0) is 13.8. The van der Waals surface area contributed by atoms with Gasteiger partial charge in [-0.1, -0.05) is 38.2 Å². The molecule has 98 valence electrons. The molecule has 0 atom stereocenters. The van der Waals surface area contributed by atoms with Crippen molar-refractivity contribution in [2.24, 2.45) is 5.73 Å². The van der Waals surface area contributed by atoms with Crippen LogP contribution in [0.15, 0.2) is 36.7 Å². The van der Waals surface area contributed by atoms with E-state index in [0.717, 1.165) is 0 Å². The molecule has 2 aromatic rings. The van der Waals surface area contributed by atoms with Crippen molar-refractivity contribution in [1.82, 2.24) is 9.97 Å². The van der Waals surface area contributed by atoms with Gasteiger partial charge in [0.15, 0.2) is 5.69 Å². The number of hydrogen-bond acceptors (Lipinski definition) is 4. The number of hydrogen-bond donors (Lipinski definition) is 1. The molecular formula is C14H15N3OS. The van der Waals surface area contributed by atoms with Crippen molar-refractivity contribution < 1.29 is 4.74 Å². The number of rotatable bonds is 4. The molecule has 0 aliphatic heterocycles. The van der Waals surface area contributed by atoms with E-state index in [4.69, 9.17) is 22.7 Å². The van der Waals surface area contributed by atoms with Crippen LogP contribution in [0.5, 0.6) is 11.6 Å². The van der Waals surface area contributed by atoms with Crippen molar-refractivity contribution in [3.63, 3.8) is 0 Å². The average Bonchev–Trinajstić information content (AvgIpc) is 2.39. The Hall–Kier alpha value is -2.01. The molecule has 0 saturated heterocycles. The maximum absolute atomic E-state index is 5.72. The van der Waals surface area contributed by atoms with E-state index in [2.05, 4.69) is 29.9 Å². The Morgan fingerprint density at radius 3 is 2.68 bits per heavy atom. The summed E-state index contributed by atoms with van der Waals surface area (Å²) >= 11 is 4.93. The predicted octanol–water partition coefficient (Wildman–Crippen LogP) is 3.03. The molecule has 0 aliphatic rings. The first kappa shape index (κ1) is 13.4. The summed E-state index contributed by atoms with van der Waals surface area (Å²) in [5, 5.41) is 0. The van der Waals surface area contributed by atoms with E-state index >= 15 is 0 Å². The van der Waals surface area contributed by atoms with E-state index in [9.17, 15) is 0 Å². The first-order valence-electron chi connectivity index (χ1n) is 5.96. The molecule has 0 saturated carbocycles. The van der Waals surface area contributed by atoms with Crippen molar-refractivity contribution in [2.45, 2.75) is 19.8 Å². The van der Waals surface area contributed by atoms with E-state index in [1.165, 1.54) is 11.8 Å². The number of nitrogens with zero attached hydrogens (tertiary/aromatic N) is 2. The monoisotopic (exact) mass is 273 g/mol. The molecule has 0 unspecified atom stereocenters.